The molecule has 4 saturated carbocycles. The second-order valence-corrected chi connectivity index (χ2v) is 9.80. The molecule has 0 aromatic rings. The average Bonchev–Trinajstić information content (AvgIpc) is 3.18. The van der Waals surface area contributed by atoms with Gasteiger partial charge in [0, 0.05) is 11.8 Å². The molecule has 1 aliphatic heterocycles. The summed E-state index contributed by atoms with van der Waals surface area (Å²) < 4.78 is 6.45. The maximum absolute atomic E-state index is 12.0. The number of ether oxygens (including phenoxy) is 1. The number of fused-ring (bicyclic) bond motifs is 9. The number of carbonyl (C=O) groups excluding carboxylic acids is 1. The van der Waals surface area contributed by atoms with Crippen LogP contribution in [0.3, 0.4) is 0 Å². The lowest BCUT2D eigenvalue weighted by atomic mass is 9.49. The highest BCUT2D eigenvalue weighted by Gasteiger charge is 2.69. The molecular formula is C23H30O2. The summed E-state index contributed by atoms with van der Waals surface area (Å²) in [5, 5.41) is 0. The van der Waals surface area contributed by atoms with Crippen molar-refractivity contribution in [3.63, 3.8) is 0 Å². The van der Waals surface area contributed by atoms with Crippen LogP contribution in [0.4, 0.5) is 0 Å². The fraction of sp³-hybridized carbons (Fsp3) is 0.783. The second kappa shape index (κ2) is 4.88. The lowest BCUT2D eigenvalue weighted by Gasteiger charge is -2.56. The van der Waals surface area contributed by atoms with Gasteiger partial charge in [-0.15, -0.1) is 0 Å². The first-order chi connectivity index (χ1) is 12.2. The molecule has 6 unspecified atom stereocenters. The second-order valence-electron chi connectivity index (χ2n) is 9.80. The molecule has 0 aromatic heterocycles. The summed E-state index contributed by atoms with van der Waals surface area (Å²) in [7, 11) is 0. The lowest BCUT2D eigenvalue weighted by molar-refractivity contribution is -0.127. The zero-order chi connectivity index (χ0) is 16.8. The van der Waals surface area contributed by atoms with E-state index in [1.54, 1.807) is 5.57 Å². The summed E-state index contributed by atoms with van der Waals surface area (Å²) in [6.07, 6.45) is 16.7. The Morgan fingerprint density at radius 1 is 1.16 bits per heavy atom. The van der Waals surface area contributed by atoms with Gasteiger partial charge in [0.2, 0.25) is 0 Å². The van der Waals surface area contributed by atoms with Gasteiger partial charge in [0.25, 0.3) is 0 Å². The lowest BCUT2D eigenvalue weighted by Crippen LogP contribution is -2.54. The number of ketones is 1. The van der Waals surface area contributed by atoms with E-state index in [9.17, 15) is 4.79 Å². The van der Waals surface area contributed by atoms with Crippen LogP contribution >= 0.6 is 0 Å². The van der Waals surface area contributed by atoms with E-state index < -0.39 is 0 Å². The molecule has 0 radical (unpaired) electrons. The average molecular weight is 338 g/mol. The molecule has 8 atom stereocenters. The van der Waals surface area contributed by atoms with Gasteiger partial charge in [0.1, 0.15) is 0 Å². The molecule has 5 aliphatic carbocycles. The van der Waals surface area contributed by atoms with Crippen molar-refractivity contribution < 1.29 is 9.53 Å². The van der Waals surface area contributed by atoms with Crippen LogP contribution in [0.5, 0.6) is 0 Å². The van der Waals surface area contributed by atoms with Crippen molar-refractivity contribution in [2.45, 2.75) is 63.9 Å². The van der Waals surface area contributed by atoms with Gasteiger partial charge in [0.15, 0.2) is 5.78 Å². The van der Waals surface area contributed by atoms with Crippen LogP contribution in [0.2, 0.25) is 0 Å². The van der Waals surface area contributed by atoms with Crippen LogP contribution in [-0.2, 0) is 9.53 Å². The standard InChI is InChI=1S/C23H30O2/c1-2-22-9-6-16-15-5-4-14(24)12-17(15)18-13-19(18)21(16)20(22)7-10-23(22)8-3-11-25-23/h3,8,12,15-16,18-21H,2,4-7,9-11,13H2,1H3/t15?,16?,18-,19-,20?,21?,22?,23?/m0/s1. The molecule has 6 aliphatic rings. The molecule has 2 heteroatoms. The van der Waals surface area contributed by atoms with E-state index in [2.05, 4.69) is 25.2 Å². The third-order valence-electron chi connectivity index (χ3n) is 9.45. The predicted molar refractivity (Wildman–Crippen MR) is 96.9 cm³/mol. The molecular weight excluding hydrogens is 308 g/mol. The van der Waals surface area contributed by atoms with Crippen LogP contribution in [0.15, 0.2) is 23.8 Å². The maximum Gasteiger partial charge on any atom is 0.155 e. The molecule has 0 amide bonds. The van der Waals surface area contributed by atoms with Gasteiger partial charge in [0.05, 0.1) is 12.2 Å². The summed E-state index contributed by atoms with van der Waals surface area (Å²) in [5.41, 5.74) is 2.02. The summed E-state index contributed by atoms with van der Waals surface area (Å²) >= 11 is 0. The predicted octanol–water partition coefficient (Wildman–Crippen LogP) is 4.70. The van der Waals surface area contributed by atoms with E-state index >= 15 is 0 Å². The summed E-state index contributed by atoms with van der Waals surface area (Å²) in [6, 6.07) is 0. The Hall–Kier alpha value is -0.890. The van der Waals surface area contributed by atoms with Crippen molar-refractivity contribution in [3.8, 4) is 0 Å². The first-order valence-electron chi connectivity index (χ1n) is 10.7. The first-order valence-corrected chi connectivity index (χ1v) is 10.7. The van der Waals surface area contributed by atoms with Crippen LogP contribution < -0.4 is 0 Å². The molecule has 0 aromatic carbocycles. The Morgan fingerprint density at radius 2 is 2.08 bits per heavy atom. The number of hydrogen-bond acceptors (Lipinski definition) is 2. The Kier molecular flexibility index (Phi) is 2.97. The highest BCUT2D eigenvalue weighted by Crippen LogP contribution is 2.73. The number of carbonyl (C=O) groups is 1. The van der Waals surface area contributed by atoms with Crippen LogP contribution in [0, 0.1) is 40.9 Å². The van der Waals surface area contributed by atoms with Gasteiger partial charge >= 0.3 is 0 Å². The topological polar surface area (TPSA) is 26.3 Å². The molecule has 1 heterocycles. The summed E-state index contributed by atoms with van der Waals surface area (Å²) in [4.78, 5) is 12.0. The van der Waals surface area contributed by atoms with Gasteiger partial charge in [-0.25, -0.2) is 0 Å². The van der Waals surface area contributed by atoms with Crippen molar-refractivity contribution in [2.24, 2.45) is 40.9 Å². The molecule has 0 saturated heterocycles. The summed E-state index contributed by atoms with van der Waals surface area (Å²) in [5.74, 6) is 5.40. The van der Waals surface area contributed by atoms with Gasteiger partial charge in [-0.3, -0.25) is 4.79 Å². The molecule has 1 spiro atoms. The largest absolute Gasteiger partial charge is 0.366 e. The van der Waals surface area contributed by atoms with Crippen molar-refractivity contribution in [1.82, 2.24) is 0 Å². The molecule has 6 rings (SSSR count). The van der Waals surface area contributed by atoms with E-state index in [0.717, 1.165) is 55.0 Å². The fourth-order valence-electron chi connectivity index (χ4n) is 8.55. The first kappa shape index (κ1) is 15.2. The van der Waals surface area contributed by atoms with Crippen LogP contribution in [-0.4, -0.2) is 18.0 Å². The van der Waals surface area contributed by atoms with Gasteiger partial charge in [-0.05, 0) is 86.5 Å². The maximum atomic E-state index is 12.0. The molecule has 25 heavy (non-hydrogen) atoms. The summed E-state index contributed by atoms with van der Waals surface area (Å²) in [6.45, 7) is 3.25. The van der Waals surface area contributed by atoms with E-state index in [4.69, 9.17) is 4.74 Å². The van der Waals surface area contributed by atoms with Crippen molar-refractivity contribution >= 4 is 5.78 Å². The Balaban J connectivity index is 1.40. The number of rotatable bonds is 1. The van der Waals surface area contributed by atoms with Crippen LogP contribution in [0.1, 0.15) is 58.3 Å². The minimum atomic E-state index is 0.0560. The Labute approximate surface area is 151 Å². The number of hydrogen-bond donors (Lipinski definition) is 0. The van der Waals surface area contributed by atoms with Gasteiger partial charge in [-0.2, -0.15) is 0 Å². The SMILES string of the molecule is CCC12CCC3C4CCC(=O)C=C4[C@@H]4C[C@@H]4C3C1CCC21C=CCO1. The number of allylic oxidation sites excluding steroid dienone is 1. The minimum Gasteiger partial charge on any atom is -0.366 e. The quantitative estimate of drug-likeness (QED) is 0.648. The van der Waals surface area contributed by atoms with E-state index in [-0.39, 0.29) is 5.60 Å². The smallest absolute Gasteiger partial charge is 0.155 e. The Morgan fingerprint density at radius 3 is 2.88 bits per heavy atom. The minimum absolute atomic E-state index is 0.0560. The van der Waals surface area contributed by atoms with Crippen molar-refractivity contribution in [1.29, 1.82) is 0 Å². The fourth-order valence-corrected chi connectivity index (χ4v) is 8.55. The van der Waals surface area contributed by atoms with Gasteiger partial charge < -0.3 is 4.74 Å². The highest BCUT2D eigenvalue weighted by atomic mass is 16.5. The van der Waals surface area contributed by atoms with E-state index in [1.165, 1.54) is 38.5 Å². The molecule has 4 fully saturated rings. The van der Waals surface area contributed by atoms with Crippen molar-refractivity contribution in [3.05, 3.63) is 23.8 Å². The van der Waals surface area contributed by atoms with Gasteiger partial charge in [-0.1, -0.05) is 24.6 Å². The van der Waals surface area contributed by atoms with E-state index in [0.29, 0.717) is 11.2 Å². The normalized spacial score (nSPS) is 55.4. The monoisotopic (exact) mass is 338 g/mol. The Bertz CT molecular complexity index is 690. The van der Waals surface area contributed by atoms with Crippen LogP contribution in [0.25, 0.3) is 0 Å². The third kappa shape index (κ3) is 1.73. The molecule has 134 valence electrons. The molecule has 2 nitrogen and oxygen atoms in total. The molecule has 0 bridgehead atoms. The van der Waals surface area contributed by atoms with E-state index in [1.807, 2.05) is 0 Å². The zero-order valence-electron chi connectivity index (χ0n) is 15.4. The highest BCUT2D eigenvalue weighted by molar-refractivity contribution is 5.91. The zero-order valence-corrected chi connectivity index (χ0v) is 15.4. The molecule has 0 N–H and O–H groups in total. The third-order valence-corrected chi connectivity index (χ3v) is 9.45. The van der Waals surface area contributed by atoms with Crippen molar-refractivity contribution in [2.75, 3.05) is 6.61 Å².